The molecule has 0 unspecified atom stereocenters. The van der Waals surface area contributed by atoms with Crippen molar-refractivity contribution < 1.29 is 9.21 Å². The van der Waals surface area contributed by atoms with Gasteiger partial charge in [0.2, 0.25) is 0 Å². The molecule has 0 fully saturated rings. The maximum Gasteiger partial charge on any atom is 0.434 e. The highest BCUT2D eigenvalue weighted by molar-refractivity contribution is 7.13. The van der Waals surface area contributed by atoms with Crippen molar-refractivity contribution in [3.05, 3.63) is 70.9 Å². The number of amides is 2. The van der Waals surface area contributed by atoms with E-state index in [1.165, 1.54) is 11.3 Å². The average Bonchev–Trinajstić information content (AvgIpc) is 3.54. The van der Waals surface area contributed by atoms with Crippen molar-refractivity contribution in [1.82, 2.24) is 35.5 Å². The predicted octanol–water partition coefficient (Wildman–Crippen LogP) is 3.81. The molecule has 0 aliphatic carbocycles. The summed E-state index contributed by atoms with van der Waals surface area (Å²) in [5.41, 5.74) is 4.12. The number of nitrogens with zero attached hydrogens (tertiary/aromatic N) is 5. The monoisotopic (exact) mass is 486 g/mol. The molecular formula is C23H18N8O3S. The van der Waals surface area contributed by atoms with Crippen LogP contribution in [0.15, 0.2) is 69.6 Å². The molecule has 12 heteroatoms. The van der Waals surface area contributed by atoms with E-state index in [2.05, 4.69) is 35.8 Å². The molecule has 5 aromatic heterocycles. The van der Waals surface area contributed by atoms with Crippen LogP contribution in [0.2, 0.25) is 0 Å². The first-order valence-corrected chi connectivity index (χ1v) is 11.4. The van der Waals surface area contributed by atoms with E-state index in [1.54, 1.807) is 36.8 Å². The topological polar surface area (TPSA) is 152 Å². The molecule has 0 atom stereocenters. The zero-order valence-electron chi connectivity index (χ0n) is 18.3. The lowest BCUT2D eigenvalue weighted by atomic mass is 10.0. The van der Waals surface area contributed by atoms with E-state index in [1.807, 2.05) is 30.5 Å². The number of urea groups is 1. The maximum absolute atomic E-state index is 12.1. The van der Waals surface area contributed by atoms with Gasteiger partial charge in [-0.3, -0.25) is 15.3 Å². The highest BCUT2D eigenvalue weighted by Gasteiger charge is 2.17. The molecular weight excluding hydrogens is 468 g/mol. The fourth-order valence-corrected chi connectivity index (χ4v) is 4.18. The highest BCUT2D eigenvalue weighted by Crippen LogP contribution is 2.37. The third kappa shape index (κ3) is 4.82. The van der Waals surface area contributed by atoms with Crippen molar-refractivity contribution in [1.29, 1.82) is 0 Å². The fraction of sp³-hybridized carbons (Fsp3) is 0.0870. The SMILES string of the molecule is CCNC(=O)Nc1cc(-c2nc(-c3ccccn3)cs2)c(-c2ccnc(-c3n[nH]c(=O)o3)c2)cn1. The van der Waals surface area contributed by atoms with Gasteiger partial charge < -0.3 is 9.73 Å². The minimum absolute atomic E-state index is 0.0765. The number of thiazole rings is 1. The van der Waals surface area contributed by atoms with Crippen molar-refractivity contribution in [3.8, 4) is 44.7 Å². The molecule has 174 valence electrons. The Morgan fingerprint density at radius 3 is 2.71 bits per heavy atom. The van der Waals surface area contributed by atoms with Gasteiger partial charge in [0.15, 0.2) is 0 Å². The Bertz CT molecular complexity index is 1540. The number of hydrogen-bond acceptors (Lipinski definition) is 9. The summed E-state index contributed by atoms with van der Waals surface area (Å²) in [5, 5.41) is 14.1. The van der Waals surface area contributed by atoms with Crippen LogP contribution in [0.3, 0.4) is 0 Å². The Balaban J connectivity index is 1.59. The van der Waals surface area contributed by atoms with Crippen LogP contribution in [0.5, 0.6) is 0 Å². The molecule has 0 spiro atoms. The zero-order valence-corrected chi connectivity index (χ0v) is 19.2. The molecule has 11 nitrogen and oxygen atoms in total. The number of aromatic amines is 1. The van der Waals surface area contributed by atoms with Crippen LogP contribution in [0.4, 0.5) is 10.6 Å². The lowest BCUT2D eigenvalue weighted by Gasteiger charge is -2.11. The second-order valence-corrected chi connectivity index (χ2v) is 8.06. The van der Waals surface area contributed by atoms with Crippen molar-refractivity contribution >= 4 is 23.2 Å². The summed E-state index contributed by atoms with van der Waals surface area (Å²) in [4.78, 5) is 41.3. The van der Waals surface area contributed by atoms with E-state index in [9.17, 15) is 9.59 Å². The number of hydrogen-bond donors (Lipinski definition) is 3. The first kappa shape index (κ1) is 22.1. The van der Waals surface area contributed by atoms with Crippen LogP contribution in [-0.2, 0) is 0 Å². The summed E-state index contributed by atoms with van der Waals surface area (Å²) in [6.45, 7) is 2.32. The van der Waals surface area contributed by atoms with Gasteiger partial charge in [-0.25, -0.2) is 24.7 Å². The van der Waals surface area contributed by atoms with Gasteiger partial charge in [-0.2, -0.15) is 0 Å². The molecule has 0 aliphatic heterocycles. The first-order valence-electron chi connectivity index (χ1n) is 10.5. The van der Waals surface area contributed by atoms with Gasteiger partial charge in [0, 0.05) is 41.6 Å². The molecule has 35 heavy (non-hydrogen) atoms. The second kappa shape index (κ2) is 9.65. The molecule has 0 bridgehead atoms. The van der Waals surface area contributed by atoms with Crippen LogP contribution in [0.25, 0.3) is 44.7 Å². The van der Waals surface area contributed by atoms with Crippen molar-refractivity contribution in [2.45, 2.75) is 6.92 Å². The van der Waals surface area contributed by atoms with Crippen LogP contribution in [0.1, 0.15) is 6.92 Å². The van der Waals surface area contributed by atoms with E-state index in [4.69, 9.17) is 9.40 Å². The van der Waals surface area contributed by atoms with E-state index < -0.39 is 5.76 Å². The number of carbonyl (C=O) groups is 1. The van der Waals surface area contributed by atoms with E-state index in [0.717, 1.165) is 28.1 Å². The minimum Gasteiger partial charge on any atom is -0.386 e. The Labute approximate surface area is 202 Å². The molecule has 5 heterocycles. The number of anilines is 1. The van der Waals surface area contributed by atoms with Gasteiger partial charge in [-0.15, -0.1) is 16.4 Å². The summed E-state index contributed by atoms with van der Waals surface area (Å²) >= 11 is 1.45. The Morgan fingerprint density at radius 1 is 1.06 bits per heavy atom. The predicted molar refractivity (Wildman–Crippen MR) is 131 cm³/mol. The fourth-order valence-electron chi connectivity index (χ4n) is 3.34. The van der Waals surface area contributed by atoms with Crippen molar-refractivity contribution in [2.24, 2.45) is 0 Å². The normalized spacial score (nSPS) is 10.8. The molecule has 0 aromatic carbocycles. The standard InChI is InChI=1S/C23H18N8O3S/c1-2-24-22(32)29-19-10-14(21-28-18(12-35-21)16-5-3-4-7-25-16)15(11-27-19)13-6-8-26-17(9-13)20-30-31-23(33)34-20/h3-12H,2H2,1H3,(H,31,33)(H2,24,27,29,32). The summed E-state index contributed by atoms with van der Waals surface area (Å²) < 4.78 is 5.04. The van der Waals surface area contributed by atoms with Gasteiger partial charge in [0.1, 0.15) is 22.2 Å². The summed E-state index contributed by atoms with van der Waals surface area (Å²) in [6, 6.07) is 10.6. The molecule has 3 N–H and O–H groups in total. The summed E-state index contributed by atoms with van der Waals surface area (Å²) in [6.07, 6.45) is 4.95. The van der Waals surface area contributed by atoms with Crippen molar-refractivity contribution in [2.75, 3.05) is 11.9 Å². The number of aromatic nitrogens is 6. The van der Waals surface area contributed by atoms with Gasteiger partial charge in [0.25, 0.3) is 5.89 Å². The van der Waals surface area contributed by atoms with Gasteiger partial charge in [-0.05, 0) is 42.8 Å². The molecule has 0 aliphatic rings. The first-order chi connectivity index (χ1) is 17.1. The molecule has 0 saturated carbocycles. The Hall–Kier alpha value is -4.71. The highest BCUT2D eigenvalue weighted by atomic mass is 32.1. The third-order valence-electron chi connectivity index (χ3n) is 4.87. The number of pyridine rings is 3. The zero-order chi connectivity index (χ0) is 24.2. The molecule has 5 rings (SSSR count). The van der Waals surface area contributed by atoms with Crippen LogP contribution in [-0.4, -0.2) is 42.7 Å². The maximum atomic E-state index is 12.1. The average molecular weight is 487 g/mol. The Kier molecular flexibility index (Phi) is 6.09. The van der Waals surface area contributed by atoms with Gasteiger partial charge in [0.05, 0.1) is 5.69 Å². The molecule has 5 aromatic rings. The largest absolute Gasteiger partial charge is 0.434 e. The third-order valence-corrected chi connectivity index (χ3v) is 5.75. The van der Waals surface area contributed by atoms with Crippen molar-refractivity contribution in [3.63, 3.8) is 0 Å². The van der Waals surface area contributed by atoms with Crippen LogP contribution < -0.4 is 16.4 Å². The number of nitrogens with one attached hydrogen (secondary N) is 3. The smallest absolute Gasteiger partial charge is 0.386 e. The molecule has 0 saturated heterocycles. The van der Waals surface area contributed by atoms with Crippen LogP contribution in [0, 0.1) is 0 Å². The molecule has 2 amide bonds. The van der Waals surface area contributed by atoms with E-state index >= 15 is 0 Å². The van der Waals surface area contributed by atoms with Crippen LogP contribution >= 0.6 is 11.3 Å². The second-order valence-electron chi connectivity index (χ2n) is 7.20. The summed E-state index contributed by atoms with van der Waals surface area (Å²) in [5.74, 6) is -0.218. The lowest BCUT2D eigenvalue weighted by Crippen LogP contribution is -2.28. The molecule has 0 radical (unpaired) electrons. The minimum atomic E-state index is -0.667. The quantitative estimate of drug-likeness (QED) is 0.328. The van der Waals surface area contributed by atoms with Gasteiger partial charge >= 0.3 is 11.8 Å². The van der Waals surface area contributed by atoms with E-state index in [-0.39, 0.29) is 11.9 Å². The number of carbonyl (C=O) groups excluding carboxylic acids is 1. The summed E-state index contributed by atoms with van der Waals surface area (Å²) in [7, 11) is 0. The van der Waals surface area contributed by atoms with Gasteiger partial charge in [-0.1, -0.05) is 6.07 Å². The lowest BCUT2D eigenvalue weighted by molar-refractivity contribution is 0.252. The number of H-pyrrole nitrogens is 1. The Morgan fingerprint density at radius 2 is 1.94 bits per heavy atom. The van der Waals surface area contributed by atoms with E-state index in [0.29, 0.717) is 23.1 Å². The number of rotatable bonds is 6.